The molecule has 0 aliphatic carbocycles. The number of carbonyl (C=O) groups is 1. The third kappa shape index (κ3) is 5.07. The molecule has 0 fully saturated rings. The summed E-state index contributed by atoms with van der Waals surface area (Å²) in [4.78, 5) is 13.9. The molecule has 0 heterocycles. The fourth-order valence-corrected chi connectivity index (χ4v) is 2.21. The number of halogens is 1. The highest BCUT2D eigenvalue weighted by Gasteiger charge is 2.13. The zero-order valence-corrected chi connectivity index (χ0v) is 13.9. The Labute approximate surface area is 132 Å². The van der Waals surface area contributed by atoms with Gasteiger partial charge in [0.15, 0.2) is 0 Å². The number of hydrogen-bond acceptors (Lipinski definition) is 4. The normalized spacial score (nSPS) is 10.2. The van der Waals surface area contributed by atoms with Gasteiger partial charge in [-0.15, -0.1) is 0 Å². The minimum absolute atomic E-state index is 0.0821. The molecule has 0 unspecified atom stereocenters. The highest BCUT2D eigenvalue weighted by Crippen LogP contribution is 2.23. The summed E-state index contributed by atoms with van der Waals surface area (Å²) < 4.78 is 5.77. The summed E-state index contributed by atoms with van der Waals surface area (Å²) in [5, 5.41) is 2.77. The first-order valence-corrected chi connectivity index (χ1v) is 7.22. The molecular weight excluding hydrogens is 342 g/mol. The van der Waals surface area contributed by atoms with Crippen LogP contribution >= 0.6 is 28.1 Å². The van der Waals surface area contributed by atoms with Crippen molar-refractivity contribution in [2.75, 3.05) is 38.8 Å². The van der Waals surface area contributed by atoms with E-state index >= 15 is 0 Å². The van der Waals surface area contributed by atoms with E-state index in [2.05, 4.69) is 21.2 Å². The summed E-state index contributed by atoms with van der Waals surface area (Å²) in [6.45, 7) is 1.21. The molecular formula is C13H18BrN3O2S. The zero-order chi connectivity index (χ0) is 15.1. The summed E-state index contributed by atoms with van der Waals surface area (Å²) in [5.41, 5.74) is 7.28. The van der Waals surface area contributed by atoms with Crippen LogP contribution in [-0.4, -0.2) is 44.7 Å². The van der Waals surface area contributed by atoms with Crippen molar-refractivity contribution < 1.29 is 9.53 Å². The molecule has 0 bridgehead atoms. The number of thiocarbonyl (C=S) groups is 1. The van der Waals surface area contributed by atoms with Gasteiger partial charge < -0.3 is 20.7 Å². The van der Waals surface area contributed by atoms with Crippen LogP contribution in [0.15, 0.2) is 22.7 Å². The number of amides is 1. The summed E-state index contributed by atoms with van der Waals surface area (Å²) in [6.07, 6.45) is 0. The molecule has 0 saturated carbocycles. The van der Waals surface area contributed by atoms with Gasteiger partial charge in [-0.25, -0.2) is 0 Å². The van der Waals surface area contributed by atoms with E-state index < -0.39 is 0 Å². The highest BCUT2D eigenvalue weighted by atomic mass is 79.9. The van der Waals surface area contributed by atoms with Gasteiger partial charge in [-0.05, 0) is 18.2 Å². The molecule has 0 spiro atoms. The third-order valence-electron chi connectivity index (χ3n) is 2.64. The molecule has 1 rings (SSSR count). The fourth-order valence-electron chi connectivity index (χ4n) is 1.69. The lowest BCUT2D eigenvalue weighted by atomic mass is 10.1. The Kier molecular flexibility index (Phi) is 6.90. The Morgan fingerprint density at radius 2 is 2.25 bits per heavy atom. The van der Waals surface area contributed by atoms with E-state index in [4.69, 9.17) is 22.7 Å². The number of anilines is 1. The first-order chi connectivity index (χ1) is 9.45. The van der Waals surface area contributed by atoms with Crippen molar-refractivity contribution in [2.24, 2.45) is 5.73 Å². The van der Waals surface area contributed by atoms with Crippen LogP contribution in [0.4, 0.5) is 5.69 Å². The average Bonchev–Trinajstić information content (AvgIpc) is 2.38. The third-order valence-corrected chi connectivity index (χ3v) is 3.36. The lowest BCUT2D eigenvalue weighted by Crippen LogP contribution is -2.37. The van der Waals surface area contributed by atoms with Crippen LogP contribution in [0, 0.1) is 0 Å². The lowest BCUT2D eigenvalue weighted by molar-refractivity contribution is -0.119. The lowest BCUT2D eigenvalue weighted by Gasteiger charge is -2.22. The predicted octanol–water partition coefficient (Wildman–Crippen LogP) is 1.28. The first-order valence-electron chi connectivity index (χ1n) is 6.02. The van der Waals surface area contributed by atoms with E-state index in [-0.39, 0.29) is 12.5 Å². The van der Waals surface area contributed by atoms with Crippen molar-refractivity contribution in [3.05, 3.63) is 28.2 Å². The van der Waals surface area contributed by atoms with Crippen LogP contribution in [-0.2, 0) is 9.53 Å². The molecule has 5 nitrogen and oxygen atoms in total. The molecule has 0 saturated heterocycles. The van der Waals surface area contributed by atoms with E-state index in [0.29, 0.717) is 18.1 Å². The van der Waals surface area contributed by atoms with Crippen molar-refractivity contribution in [2.45, 2.75) is 0 Å². The molecule has 20 heavy (non-hydrogen) atoms. The van der Waals surface area contributed by atoms with Crippen LogP contribution in [0.2, 0.25) is 0 Å². The van der Waals surface area contributed by atoms with Gasteiger partial charge in [0.25, 0.3) is 0 Å². The van der Waals surface area contributed by atoms with E-state index in [1.165, 1.54) is 0 Å². The molecule has 0 radical (unpaired) electrons. The monoisotopic (exact) mass is 359 g/mol. The fraction of sp³-hybridized carbons (Fsp3) is 0.385. The summed E-state index contributed by atoms with van der Waals surface area (Å²) >= 11 is 8.42. The topological polar surface area (TPSA) is 67.6 Å². The van der Waals surface area contributed by atoms with Crippen LogP contribution in [0.3, 0.4) is 0 Å². The van der Waals surface area contributed by atoms with Crippen LogP contribution in [0.25, 0.3) is 0 Å². The number of benzene rings is 1. The molecule has 0 aromatic heterocycles. The number of ether oxygens (including phenoxy) is 1. The maximum absolute atomic E-state index is 11.8. The van der Waals surface area contributed by atoms with Gasteiger partial charge in [0.2, 0.25) is 5.91 Å². The van der Waals surface area contributed by atoms with Gasteiger partial charge in [-0.3, -0.25) is 4.79 Å². The van der Waals surface area contributed by atoms with Gasteiger partial charge in [0.05, 0.1) is 13.2 Å². The molecule has 7 heteroatoms. The molecule has 3 N–H and O–H groups in total. The van der Waals surface area contributed by atoms with E-state index in [9.17, 15) is 4.79 Å². The minimum atomic E-state index is -0.0821. The minimum Gasteiger partial charge on any atom is -0.389 e. The van der Waals surface area contributed by atoms with Gasteiger partial charge in [-0.1, -0.05) is 28.1 Å². The second-order valence-corrected chi connectivity index (χ2v) is 5.58. The summed E-state index contributed by atoms with van der Waals surface area (Å²) in [6, 6.07) is 5.61. The number of nitrogens with two attached hydrogens (primary N) is 1. The molecule has 110 valence electrons. The Bertz CT molecular complexity index is 497. The van der Waals surface area contributed by atoms with Crippen molar-refractivity contribution in [3.63, 3.8) is 0 Å². The number of likely N-dealkylation sites (N-methyl/N-ethyl adjacent to an activating group) is 1. The maximum atomic E-state index is 11.8. The molecule has 1 amide bonds. The van der Waals surface area contributed by atoms with E-state index in [1.54, 1.807) is 7.11 Å². The predicted molar refractivity (Wildman–Crippen MR) is 88.2 cm³/mol. The van der Waals surface area contributed by atoms with Crippen LogP contribution < -0.4 is 16.0 Å². The molecule has 0 aliphatic heterocycles. The number of nitrogens with zero attached hydrogens (tertiary/aromatic N) is 1. The van der Waals surface area contributed by atoms with Crippen molar-refractivity contribution in [1.29, 1.82) is 0 Å². The van der Waals surface area contributed by atoms with Gasteiger partial charge in [0, 0.05) is 36.4 Å². The van der Waals surface area contributed by atoms with E-state index in [1.807, 2.05) is 30.1 Å². The summed E-state index contributed by atoms with van der Waals surface area (Å²) in [5.74, 6) is -0.0821. The average molecular weight is 360 g/mol. The first kappa shape index (κ1) is 16.9. The van der Waals surface area contributed by atoms with Crippen LogP contribution in [0.5, 0.6) is 0 Å². The Balaban J connectivity index is 2.74. The second kappa shape index (κ2) is 8.18. The van der Waals surface area contributed by atoms with Crippen molar-refractivity contribution in [3.8, 4) is 0 Å². The van der Waals surface area contributed by atoms with Crippen molar-refractivity contribution >= 4 is 44.7 Å². The number of nitrogens with one attached hydrogen (secondary N) is 1. The molecule has 1 aromatic rings. The Hall–Kier alpha value is -1.18. The SMILES string of the molecule is COCCNC(=O)CN(C)c1ccc(Br)cc1C(N)=S. The number of carbonyl (C=O) groups excluding carboxylic acids is 1. The zero-order valence-electron chi connectivity index (χ0n) is 11.5. The van der Waals surface area contributed by atoms with Gasteiger partial charge in [-0.2, -0.15) is 0 Å². The Morgan fingerprint density at radius 3 is 2.85 bits per heavy atom. The largest absolute Gasteiger partial charge is 0.389 e. The maximum Gasteiger partial charge on any atom is 0.239 e. The molecule has 1 aromatic carbocycles. The number of rotatable bonds is 7. The smallest absolute Gasteiger partial charge is 0.239 e. The van der Waals surface area contributed by atoms with Gasteiger partial charge in [0.1, 0.15) is 4.99 Å². The van der Waals surface area contributed by atoms with Gasteiger partial charge >= 0.3 is 0 Å². The number of methoxy groups -OCH3 is 1. The Morgan fingerprint density at radius 1 is 1.55 bits per heavy atom. The number of hydrogen-bond donors (Lipinski definition) is 2. The van der Waals surface area contributed by atoms with Crippen LogP contribution in [0.1, 0.15) is 5.56 Å². The highest BCUT2D eigenvalue weighted by molar-refractivity contribution is 9.10. The summed E-state index contributed by atoms with van der Waals surface area (Å²) in [7, 11) is 3.41. The second-order valence-electron chi connectivity index (χ2n) is 4.22. The quantitative estimate of drug-likeness (QED) is 0.567. The molecule has 0 aliphatic rings. The van der Waals surface area contributed by atoms with Crippen molar-refractivity contribution in [1.82, 2.24) is 5.32 Å². The standard InChI is InChI=1S/C13H18BrN3O2S/c1-17(8-12(18)16-5-6-19-2)11-4-3-9(14)7-10(11)13(15)20/h3-4,7H,5-6,8H2,1-2H3,(H2,15,20)(H,16,18). The molecule has 0 atom stereocenters. The van der Waals surface area contributed by atoms with E-state index in [0.717, 1.165) is 15.7 Å².